The fourth-order valence-electron chi connectivity index (χ4n) is 6.15. The number of carbonyl (C=O) groups is 2. The summed E-state index contributed by atoms with van der Waals surface area (Å²) in [6.07, 6.45) is 36.4. The number of allylic oxidation sites excluding steroid dienone is 4. The van der Waals surface area contributed by atoms with Crippen molar-refractivity contribution in [3.63, 3.8) is 0 Å². The number of hydrogen-bond acceptors (Lipinski definition) is 8. The van der Waals surface area contributed by atoms with Gasteiger partial charge in [0.15, 0.2) is 6.29 Å². The second-order valence-electron chi connectivity index (χ2n) is 14.5. The lowest BCUT2D eigenvalue weighted by Gasteiger charge is -2.21. The van der Waals surface area contributed by atoms with Crippen LogP contribution in [0.1, 0.15) is 194 Å². The van der Waals surface area contributed by atoms with E-state index in [4.69, 9.17) is 18.9 Å². The number of unbranched alkanes of at least 4 members (excludes halogenated alkanes) is 16. The summed E-state index contributed by atoms with van der Waals surface area (Å²) >= 11 is 0. The van der Waals surface area contributed by atoms with Gasteiger partial charge in [-0.15, -0.1) is 0 Å². The summed E-state index contributed by atoms with van der Waals surface area (Å²) in [4.78, 5) is 26.6. The molecule has 312 valence electrons. The average molecular weight is 752 g/mol. The molecule has 0 saturated heterocycles. The summed E-state index contributed by atoms with van der Waals surface area (Å²) in [6, 6.07) is 0. The number of hydrogen-bond donors (Lipinski definition) is 1. The lowest BCUT2D eigenvalue weighted by molar-refractivity contribution is -0.149. The zero-order chi connectivity index (χ0) is 38.7. The maximum absolute atomic E-state index is 12.4. The Morgan fingerprint density at radius 3 is 1.51 bits per heavy atom. The van der Waals surface area contributed by atoms with Crippen LogP contribution in [-0.4, -0.2) is 80.9 Å². The number of nitrogens with zero attached hydrogens (tertiary/aromatic N) is 1. The van der Waals surface area contributed by atoms with Crippen LogP contribution in [0.5, 0.6) is 0 Å². The van der Waals surface area contributed by atoms with Crippen LogP contribution in [0.4, 0.5) is 0 Å². The van der Waals surface area contributed by atoms with E-state index in [-0.39, 0.29) is 24.8 Å². The highest BCUT2D eigenvalue weighted by Gasteiger charge is 2.11. The summed E-state index contributed by atoms with van der Waals surface area (Å²) in [5.41, 5.74) is 0. The van der Waals surface area contributed by atoms with Crippen molar-refractivity contribution >= 4 is 11.9 Å². The Kier molecular flexibility index (Phi) is 41.6. The lowest BCUT2D eigenvalue weighted by atomic mass is 10.1. The number of rotatable bonds is 42. The fourth-order valence-corrected chi connectivity index (χ4v) is 6.15. The Morgan fingerprint density at radius 1 is 0.509 bits per heavy atom. The fraction of sp³-hybridized carbons (Fsp3) is 0.867. The normalized spacial score (nSPS) is 11.9. The van der Waals surface area contributed by atoms with Crippen LogP contribution < -0.4 is 0 Å². The molecular formula is C45H85NO7. The third-order valence-corrected chi connectivity index (χ3v) is 9.43. The van der Waals surface area contributed by atoms with Crippen molar-refractivity contribution in [2.24, 2.45) is 0 Å². The monoisotopic (exact) mass is 752 g/mol. The molecule has 8 heteroatoms. The Hall–Kier alpha value is -1.74. The van der Waals surface area contributed by atoms with Gasteiger partial charge in [0.1, 0.15) is 0 Å². The largest absolute Gasteiger partial charge is 0.466 e. The average Bonchev–Trinajstić information content (AvgIpc) is 3.15. The second kappa shape index (κ2) is 43.0. The summed E-state index contributed by atoms with van der Waals surface area (Å²) in [5, 5.41) is 9.51. The molecule has 0 amide bonds. The van der Waals surface area contributed by atoms with Crippen molar-refractivity contribution in [1.82, 2.24) is 4.90 Å². The van der Waals surface area contributed by atoms with Gasteiger partial charge in [-0.25, -0.2) is 0 Å². The zero-order valence-electron chi connectivity index (χ0n) is 35.0. The first-order valence-corrected chi connectivity index (χ1v) is 22.2. The molecule has 0 spiro atoms. The van der Waals surface area contributed by atoms with Crippen molar-refractivity contribution in [3.05, 3.63) is 24.3 Å². The van der Waals surface area contributed by atoms with Crippen LogP contribution in [0.3, 0.4) is 0 Å². The summed E-state index contributed by atoms with van der Waals surface area (Å²) in [7, 11) is 0. The van der Waals surface area contributed by atoms with Crippen LogP contribution in [0.15, 0.2) is 24.3 Å². The SMILES string of the molecule is CC/C=C\CCCCOC(CCCCC(=O)OCCCCN(CCO)CCCCCCCC(=O)OCCCCCCCCC)OCCCC/C=C\CC. The van der Waals surface area contributed by atoms with E-state index < -0.39 is 0 Å². The highest BCUT2D eigenvalue weighted by molar-refractivity contribution is 5.69. The molecule has 0 aromatic rings. The zero-order valence-corrected chi connectivity index (χ0v) is 35.0. The second-order valence-corrected chi connectivity index (χ2v) is 14.5. The van der Waals surface area contributed by atoms with Crippen LogP contribution in [0, 0.1) is 0 Å². The van der Waals surface area contributed by atoms with E-state index in [1.165, 1.54) is 32.1 Å². The molecule has 0 saturated carbocycles. The number of aliphatic hydroxyl groups excluding tert-OH is 1. The van der Waals surface area contributed by atoms with Gasteiger partial charge in [0.25, 0.3) is 0 Å². The third kappa shape index (κ3) is 39.8. The van der Waals surface area contributed by atoms with Gasteiger partial charge in [0, 0.05) is 32.6 Å². The molecule has 0 fully saturated rings. The highest BCUT2D eigenvalue weighted by Crippen LogP contribution is 2.13. The topological polar surface area (TPSA) is 94.5 Å². The predicted molar refractivity (Wildman–Crippen MR) is 221 cm³/mol. The molecule has 0 aliphatic rings. The smallest absolute Gasteiger partial charge is 0.305 e. The number of aliphatic hydroxyl groups is 1. The van der Waals surface area contributed by atoms with Crippen LogP contribution in [0.2, 0.25) is 0 Å². The van der Waals surface area contributed by atoms with Crippen molar-refractivity contribution < 1.29 is 33.6 Å². The lowest BCUT2D eigenvalue weighted by Crippen LogP contribution is -2.29. The molecule has 0 radical (unpaired) electrons. The van der Waals surface area contributed by atoms with E-state index in [0.29, 0.717) is 45.8 Å². The van der Waals surface area contributed by atoms with Crippen LogP contribution >= 0.6 is 0 Å². The first-order chi connectivity index (χ1) is 26.1. The van der Waals surface area contributed by atoms with Crippen LogP contribution in [0.25, 0.3) is 0 Å². The number of ether oxygens (including phenoxy) is 4. The minimum atomic E-state index is -0.203. The van der Waals surface area contributed by atoms with E-state index in [1.54, 1.807) is 0 Å². The Balaban J connectivity index is 3.99. The summed E-state index contributed by atoms with van der Waals surface area (Å²) in [5.74, 6) is -0.179. The molecule has 0 rings (SSSR count). The highest BCUT2D eigenvalue weighted by atomic mass is 16.7. The van der Waals surface area contributed by atoms with Gasteiger partial charge in [0.2, 0.25) is 0 Å². The van der Waals surface area contributed by atoms with Crippen molar-refractivity contribution in [1.29, 1.82) is 0 Å². The summed E-state index contributed by atoms with van der Waals surface area (Å²) < 4.78 is 23.1. The van der Waals surface area contributed by atoms with Gasteiger partial charge in [0.05, 0.1) is 19.8 Å². The van der Waals surface area contributed by atoms with Gasteiger partial charge in [-0.2, -0.15) is 0 Å². The van der Waals surface area contributed by atoms with Crippen molar-refractivity contribution in [2.75, 3.05) is 52.7 Å². The third-order valence-electron chi connectivity index (χ3n) is 9.43. The van der Waals surface area contributed by atoms with E-state index in [0.717, 1.165) is 142 Å². The minimum Gasteiger partial charge on any atom is -0.466 e. The Bertz CT molecular complexity index is 810. The number of esters is 2. The molecule has 0 aromatic carbocycles. The molecule has 0 heterocycles. The van der Waals surface area contributed by atoms with Crippen molar-refractivity contribution in [3.8, 4) is 0 Å². The molecule has 0 atom stereocenters. The number of carbonyl (C=O) groups excluding carboxylic acids is 2. The standard InChI is InChI=1S/C45H85NO7/c1-4-7-10-13-16-22-28-39-50-43(48)32-23-18-17-19-26-35-46(37-38-47)36-27-31-40-51-44(49)33-24-25-34-45(52-41-29-20-14-11-8-5-2)53-42-30-21-15-12-9-6-3/h8-9,11-12,45,47H,4-7,10,13-42H2,1-3H3/b11-8-,12-9-. The van der Waals surface area contributed by atoms with Crippen LogP contribution in [-0.2, 0) is 28.5 Å². The van der Waals surface area contributed by atoms with Gasteiger partial charge in [-0.05, 0) is 116 Å². The predicted octanol–water partition coefficient (Wildman–Crippen LogP) is 11.4. The van der Waals surface area contributed by atoms with E-state index >= 15 is 0 Å². The first kappa shape index (κ1) is 51.3. The van der Waals surface area contributed by atoms with E-state index in [2.05, 4.69) is 50.0 Å². The van der Waals surface area contributed by atoms with Gasteiger partial charge in [-0.1, -0.05) is 103 Å². The molecular weight excluding hydrogens is 666 g/mol. The molecule has 0 aromatic heterocycles. The molecule has 53 heavy (non-hydrogen) atoms. The van der Waals surface area contributed by atoms with Crippen molar-refractivity contribution in [2.45, 2.75) is 200 Å². The van der Waals surface area contributed by atoms with Gasteiger partial charge >= 0.3 is 11.9 Å². The quantitative estimate of drug-likeness (QED) is 0.0285. The Morgan fingerprint density at radius 2 is 0.962 bits per heavy atom. The van der Waals surface area contributed by atoms with E-state index in [9.17, 15) is 14.7 Å². The van der Waals surface area contributed by atoms with Gasteiger partial charge in [-0.3, -0.25) is 9.59 Å². The molecule has 1 N–H and O–H groups in total. The molecule has 0 aliphatic carbocycles. The maximum atomic E-state index is 12.4. The van der Waals surface area contributed by atoms with Gasteiger partial charge < -0.3 is 29.0 Å². The maximum Gasteiger partial charge on any atom is 0.305 e. The Labute approximate surface area is 327 Å². The summed E-state index contributed by atoms with van der Waals surface area (Å²) in [6.45, 7) is 11.7. The molecule has 0 aliphatic heterocycles. The molecule has 0 bridgehead atoms. The molecule has 0 unspecified atom stereocenters. The first-order valence-electron chi connectivity index (χ1n) is 22.2. The van der Waals surface area contributed by atoms with E-state index in [1.807, 2.05) is 0 Å². The molecule has 8 nitrogen and oxygen atoms in total. The minimum absolute atomic E-state index is 0.0512.